The van der Waals surface area contributed by atoms with Crippen molar-refractivity contribution >= 4 is 17.2 Å². The van der Waals surface area contributed by atoms with Gasteiger partial charge in [-0.2, -0.15) is 11.3 Å². The zero-order chi connectivity index (χ0) is 23.0. The normalized spacial score (nSPS) is 30.8. The highest BCUT2D eigenvalue weighted by molar-refractivity contribution is 7.08. The molecule has 0 aromatic carbocycles. The number of aliphatic hydroxyl groups excluding tert-OH is 1. The number of aliphatic hydroxyl groups is 1. The van der Waals surface area contributed by atoms with Gasteiger partial charge in [-0.15, -0.1) is 0 Å². The van der Waals surface area contributed by atoms with Crippen molar-refractivity contribution in [1.29, 1.82) is 0 Å². The van der Waals surface area contributed by atoms with Crippen molar-refractivity contribution in [1.82, 2.24) is 5.32 Å². The van der Waals surface area contributed by atoms with Crippen molar-refractivity contribution in [2.75, 3.05) is 39.6 Å². The van der Waals surface area contributed by atoms with Crippen LogP contribution in [0.25, 0.3) is 0 Å². The van der Waals surface area contributed by atoms with Crippen LogP contribution >= 0.6 is 11.3 Å². The van der Waals surface area contributed by atoms with Crippen LogP contribution in [0.15, 0.2) is 28.7 Å². The lowest BCUT2D eigenvalue weighted by molar-refractivity contribution is -0.168. The molecule has 2 bridgehead atoms. The predicted octanol–water partition coefficient (Wildman–Crippen LogP) is 3.45. The van der Waals surface area contributed by atoms with Gasteiger partial charge in [-0.1, -0.05) is 6.42 Å². The van der Waals surface area contributed by atoms with Crippen molar-refractivity contribution in [2.45, 2.75) is 57.3 Å². The number of carbonyl (C=O) groups is 1. The van der Waals surface area contributed by atoms with Gasteiger partial charge < -0.3 is 29.4 Å². The molecular formula is C25H37NO6S. The third-order valence-corrected chi connectivity index (χ3v) is 7.83. The molecule has 2 N–H and O–H groups in total. The fourth-order valence-corrected chi connectivity index (χ4v) is 6.26. The zero-order valence-electron chi connectivity index (χ0n) is 19.4. The maximum Gasteiger partial charge on any atom is 0.286 e. The van der Waals surface area contributed by atoms with Gasteiger partial charge in [-0.05, 0) is 72.9 Å². The molecule has 4 rings (SSSR count). The molecule has 7 nitrogen and oxygen atoms in total. The van der Waals surface area contributed by atoms with Crippen LogP contribution < -0.4 is 5.32 Å². The number of rotatable bonds is 13. The van der Waals surface area contributed by atoms with Crippen LogP contribution in [0.4, 0.5) is 0 Å². The Hall–Kier alpha value is -1.45. The first kappa shape index (κ1) is 24.7. The summed E-state index contributed by atoms with van der Waals surface area (Å²) < 4.78 is 23.1. The van der Waals surface area contributed by atoms with E-state index in [9.17, 15) is 4.79 Å². The Kier molecular flexibility index (Phi) is 9.20. The number of allylic oxidation sites excluding steroid dienone is 1. The Morgan fingerprint density at radius 1 is 1.21 bits per heavy atom. The lowest BCUT2D eigenvalue weighted by Gasteiger charge is -2.37. The molecule has 2 heterocycles. The van der Waals surface area contributed by atoms with E-state index in [1.54, 1.807) is 11.3 Å². The predicted molar refractivity (Wildman–Crippen MR) is 126 cm³/mol. The first-order valence-corrected chi connectivity index (χ1v) is 13.2. The number of ether oxygens (including phenoxy) is 4. The van der Waals surface area contributed by atoms with E-state index in [1.165, 1.54) is 24.8 Å². The molecule has 1 aromatic rings. The fraction of sp³-hybridized carbons (Fsp3) is 0.720. The molecule has 0 saturated heterocycles. The van der Waals surface area contributed by atoms with E-state index in [2.05, 4.69) is 22.1 Å². The van der Waals surface area contributed by atoms with E-state index in [0.717, 1.165) is 18.8 Å². The van der Waals surface area contributed by atoms with Gasteiger partial charge in [0.2, 0.25) is 6.29 Å². The quantitative estimate of drug-likeness (QED) is 0.422. The van der Waals surface area contributed by atoms with Crippen LogP contribution in [0.1, 0.15) is 50.5 Å². The molecule has 3 aliphatic rings. The molecule has 8 heteroatoms. The van der Waals surface area contributed by atoms with Crippen LogP contribution in [0.2, 0.25) is 0 Å². The Labute approximate surface area is 200 Å². The summed E-state index contributed by atoms with van der Waals surface area (Å²) in [7, 11) is 0. The minimum absolute atomic E-state index is 0.0159. The van der Waals surface area contributed by atoms with Crippen LogP contribution in [0.5, 0.6) is 0 Å². The minimum Gasteiger partial charge on any atom is -0.459 e. The topological polar surface area (TPSA) is 86.3 Å². The first-order chi connectivity index (χ1) is 16.2. The minimum atomic E-state index is -0.500. The van der Waals surface area contributed by atoms with E-state index in [4.69, 9.17) is 24.1 Å². The van der Waals surface area contributed by atoms with Crippen molar-refractivity contribution in [3.05, 3.63) is 34.2 Å². The van der Waals surface area contributed by atoms with Gasteiger partial charge in [0, 0.05) is 31.1 Å². The standard InChI is InChI=1S/C25H37NO6S/c1-2-31-25-20(5-8-29-10-11-30-9-7-27)21(19-6-12-33-16-19)15-23(32-25)24(28)26-22-14-17-3-4-18(22)13-17/h6,12,15-18,20-22,25,27H,2-5,7-11,13-14H2,1H3,(H,26,28)/t17?,18?,20-,21-,22?,25-/m0/s1. The molecule has 2 saturated carbocycles. The summed E-state index contributed by atoms with van der Waals surface area (Å²) in [4.78, 5) is 13.2. The third kappa shape index (κ3) is 6.36. The molecule has 0 spiro atoms. The summed E-state index contributed by atoms with van der Waals surface area (Å²) in [5, 5.41) is 16.2. The second kappa shape index (κ2) is 12.3. The van der Waals surface area contributed by atoms with E-state index in [0.29, 0.717) is 44.7 Å². The smallest absolute Gasteiger partial charge is 0.286 e. The summed E-state index contributed by atoms with van der Waals surface area (Å²) in [6.07, 6.45) is 7.09. The molecule has 1 amide bonds. The second-order valence-corrected chi connectivity index (χ2v) is 9.99. The van der Waals surface area contributed by atoms with E-state index in [1.807, 2.05) is 13.0 Å². The SMILES string of the molecule is CCO[C@H]1OC(C(=O)NC2CC3CCC2C3)=C[C@@H](c2ccsc2)[C@@H]1CCOCCOCCO. The van der Waals surface area contributed by atoms with Crippen LogP contribution in [0, 0.1) is 17.8 Å². The number of nitrogens with one attached hydrogen (secondary N) is 1. The molecule has 3 unspecified atom stereocenters. The highest BCUT2D eigenvalue weighted by atomic mass is 32.1. The highest BCUT2D eigenvalue weighted by Crippen LogP contribution is 2.45. The van der Waals surface area contributed by atoms with Gasteiger partial charge in [0.15, 0.2) is 5.76 Å². The van der Waals surface area contributed by atoms with Crippen molar-refractivity contribution < 1.29 is 28.8 Å². The highest BCUT2D eigenvalue weighted by Gasteiger charge is 2.42. The third-order valence-electron chi connectivity index (χ3n) is 7.13. The van der Waals surface area contributed by atoms with Gasteiger partial charge in [0.25, 0.3) is 5.91 Å². The van der Waals surface area contributed by atoms with Gasteiger partial charge >= 0.3 is 0 Å². The molecular weight excluding hydrogens is 442 g/mol. The largest absolute Gasteiger partial charge is 0.459 e. The van der Waals surface area contributed by atoms with Crippen molar-refractivity contribution in [3.8, 4) is 0 Å². The Morgan fingerprint density at radius 2 is 2.06 bits per heavy atom. The molecule has 2 aliphatic carbocycles. The Bertz CT molecular complexity index is 769. The fourth-order valence-electron chi connectivity index (χ4n) is 5.55. The summed E-state index contributed by atoms with van der Waals surface area (Å²) in [5.74, 6) is 1.71. The maximum atomic E-state index is 13.2. The maximum absolute atomic E-state index is 13.2. The molecule has 6 atom stereocenters. The lowest BCUT2D eigenvalue weighted by Crippen LogP contribution is -2.43. The average molecular weight is 480 g/mol. The van der Waals surface area contributed by atoms with E-state index < -0.39 is 6.29 Å². The monoisotopic (exact) mass is 479 g/mol. The molecule has 2 fully saturated rings. The number of carbonyl (C=O) groups excluding carboxylic acids is 1. The molecule has 184 valence electrons. The van der Waals surface area contributed by atoms with Crippen molar-refractivity contribution in [2.24, 2.45) is 17.8 Å². The number of thiophene rings is 1. The second-order valence-electron chi connectivity index (χ2n) is 9.21. The van der Waals surface area contributed by atoms with E-state index in [-0.39, 0.29) is 30.4 Å². The molecule has 0 radical (unpaired) electrons. The molecule has 1 aromatic heterocycles. The number of hydrogen-bond donors (Lipinski definition) is 2. The van der Waals surface area contributed by atoms with Crippen molar-refractivity contribution in [3.63, 3.8) is 0 Å². The summed E-state index contributed by atoms with van der Waals surface area (Å²) in [6.45, 7) is 4.27. The van der Waals surface area contributed by atoms with Crippen LogP contribution in [0.3, 0.4) is 0 Å². The number of hydrogen-bond acceptors (Lipinski definition) is 7. The molecule has 33 heavy (non-hydrogen) atoms. The van der Waals surface area contributed by atoms with Crippen LogP contribution in [-0.2, 0) is 23.7 Å². The van der Waals surface area contributed by atoms with Gasteiger partial charge in [-0.3, -0.25) is 4.79 Å². The Balaban J connectivity index is 1.41. The average Bonchev–Trinajstić information content (AvgIpc) is 3.58. The number of fused-ring (bicyclic) bond motifs is 2. The van der Waals surface area contributed by atoms with E-state index >= 15 is 0 Å². The first-order valence-electron chi connectivity index (χ1n) is 12.3. The molecule has 1 aliphatic heterocycles. The Morgan fingerprint density at radius 3 is 2.73 bits per heavy atom. The summed E-state index contributed by atoms with van der Waals surface area (Å²) in [6, 6.07) is 2.38. The van der Waals surface area contributed by atoms with Crippen LogP contribution in [-0.4, -0.2) is 63.0 Å². The lowest BCUT2D eigenvalue weighted by atomic mass is 9.82. The zero-order valence-corrected chi connectivity index (χ0v) is 20.3. The number of amides is 1. The van der Waals surface area contributed by atoms with Gasteiger partial charge in [-0.25, -0.2) is 0 Å². The summed E-state index contributed by atoms with van der Waals surface area (Å²) in [5.41, 5.74) is 1.18. The summed E-state index contributed by atoms with van der Waals surface area (Å²) >= 11 is 1.65. The van der Waals surface area contributed by atoms with Gasteiger partial charge in [0.05, 0.1) is 26.4 Å². The van der Waals surface area contributed by atoms with Gasteiger partial charge in [0.1, 0.15) is 0 Å².